The normalized spacial score (nSPS) is 25.3. The fraction of sp³-hybridized carbons (Fsp3) is 0.727. The molecule has 2 saturated carbocycles. The van der Waals surface area contributed by atoms with E-state index in [1.54, 1.807) is 22.6 Å². The molecule has 0 spiro atoms. The maximum absolute atomic E-state index is 13.2. The van der Waals surface area contributed by atoms with Crippen molar-refractivity contribution in [2.75, 3.05) is 6.54 Å². The minimum atomic E-state index is -1.02. The van der Waals surface area contributed by atoms with Crippen molar-refractivity contribution in [3.05, 3.63) is 17.5 Å². The first kappa shape index (κ1) is 20.9. The summed E-state index contributed by atoms with van der Waals surface area (Å²) in [4.78, 5) is 40.7. The first-order valence-electron chi connectivity index (χ1n) is 11.4. The highest BCUT2D eigenvalue weighted by atomic mass is 16.2. The fourth-order valence-corrected chi connectivity index (χ4v) is 5.16. The molecule has 0 aromatic carbocycles. The third kappa shape index (κ3) is 3.84. The van der Waals surface area contributed by atoms with E-state index in [1.807, 2.05) is 6.92 Å². The van der Waals surface area contributed by atoms with Crippen LogP contribution in [0.15, 0.2) is 6.07 Å². The molecule has 0 bridgehead atoms. The van der Waals surface area contributed by atoms with Gasteiger partial charge in [-0.1, -0.05) is 32.1 Å². The molecule has 1 aliphatic heterocycles. The zero-order valence-corrected chi connectivity index (χ0v) is 18.1. The summed E-state index contributed by atoms with van der Waals surface area (Å²) >= 11 is 0. The minimum absolute atomic E-state index is 0.140. The predicted molar refractivity (Wildman–Crippen MR) is 112 cm³/mol. The van der Waals surface area contributed by atoms with Gasteiger partial charge < -0.3 is 15.5 Å². The molecule has 8 nitrogen and oxygen atoms in total. The van der Waals surface area contributed by atoms with E-state index in [9.17, 15) is 14.4 Å². The number of rotatable bonds is 5. The quantitative estimate of drug-likeness (QED) is 0.771. The average molecular weight is 416 g/mol. The molecule has 3 aliphatic rings. The lowest BCUT2D eigenvalue weighted by molar-refractivity contribution is -0.133. The summed E-state index contributed by atoms with van der Waals surface area (Å²) in [6.45, 7) is 4.34. The highest BCUT2D eigenvalue weighted by molar-refractivity contribution is 6.02. The molecule has 1 aromatic heterocycles. The Morgan fingerprint density at radius 1 is 1.07 bits per heavy atom. The first-order chi connectivity index (χ1) is 14.4. The molecule has 0 saturated heterocycles. The summed E-state index contributed by atoms with van der Waals surface area (Å²) in [7, 11) is 0. The lowest BCUT2D eigenvalue weighted by Crippen LogP contribution is -2.64. The predicted octanol–water partition coefficient (Wildman–Crippen LogP) is 2.24. The van der Waals surface area contributed by atoms with Gasteiger partial charge in [-0.25, -0.2) is 0 Å². The van der Waals surface area contributed by atoms with E-state index < -0.39 is 5.54 Å². The number of carbonyl (C=O) groups is 3. The smallest absolute Gasteiger partial charge is 0.273 e. The number of nitrogens with one attached hydrogen (secondary N) is 2. The Bertz CT molecular complexity index is 823. The van der Waals surface area contributed by atoms with Gasteiger partial charge in [0.05, 0.1) is 6.54 Å². The van der Waals surface area contributed by atoms with Gasteiger partial charge in [-0.15, -0.1) is 0 Å². The van der Waals surface area contributed by atoms with Gasteiger partial charge in [0.25, 0.3) is 11.8 Å². The summed E-state index contributed by atoms with van der Waals surface area (Å²) in [5.41, 5.74) is -0.401. The van der Waals surface area contributed by atoms with E-state index >= 15 is 0 Å². The standard InChI is InChI=1S/C22H33N5O3/c1-3-26-20(29)18-13-17(19(28)23-15-9-5-4-6-10-15)25-27(18)14-22(26,2)21(30)24-16-11-7-8-12-16/h13,15-16H,3-12,14H2,1-2H3,(H,23,28)(H,24,30). The van der Waals surface area contributed by atoms with Crippen molar-refractivity contribution in [3.63, 3.8) is 0 Å². The van der Waals surface area contributed by atoms with Crippen LogP contribution in [0.4, 0.5) is 0 Å². The van der Waals surface area contributed by atoms with E-state index in [0.717, 1.165) is 51.4 Å². The summed E-state index contributed by atoms with van der Waals surface area (Å²) in [5, 5.41) is 10.6. The third-order valence-electron chi connectivity index (χ3n) is 6.97. The van der Waals surface area contributed by atoms with Gasteiger partial charge in [-0.3, -0.25) is 19.1 Å². The largest absolute Gasteiger partial charge is 0.351 e. The van der Waals surface area contributed by atoms with Crippen molar-refractivity contribution in [2.24, 2.45) is 0 Å². The Morgan fingerprint density at radius 3 is 2.30 bits per heavy atom. The molecule has 8 heteroatoms. The van der Waals surface area contributed by atoms with Crippen LogP contribution in [0.5, 0.6) is 0 Å². The van der Waals surface area contributed by atoms with Gasteiger partial charge in [0.15, 0.2) is 5.69 Å². The maximum atomic E-state index is 13.2. The second kappa shape index (κ2) is 8.40. The Kier molecular flexibility index (Phi) is 5.84. The van der Waals surface area contributed by atoms with Gasteiger partial charge in [0, 0.05) is 24.7 Å². The number of hydrogen-bond donors (Lipinski definition) is 2. The zero-order chi connectivity index (χ0) is 21.3. The number of fused-ring (bicyclic) bond motifs is 1. The lowest BCUT2D eigenvalue weighted by Gasteiger charge is -2.43. The van der Waals surface area contributed by atoms with Crippen molar-refractivity contribution in [1.82, 2.24) is 25.3 Å². The fourth-order valence-electron chi connectivity index (χ4n) is 5.16. The SMILES string of the molecule is CCN1C(=O)c2cc(C(=O)NC3CCCCC3)nn2CC1(C)C(=O)NC1CCCC1. The number of aromatic nitrogens is 2. The average Bonchev–Trinajstić information content (AvgIpc) is 3.39. The number of likely N-dealkylation sites (N-methyl/N-ethyl adjacent to an activating group) is 1. The Morgan fingerprint density at radius 2 is 1.67 bits per heavy atom. The topological polar surface area (TPSA) is 96.3 Å². The molecule has 1 aromatic rings. The highest BCUT2D eigenvalue weighted by Gasteiger charge is 2.48. The van der Waals surface area contributed by atoms with Crippen molar-refractivity contribution in [2.45, 2.75) is 95.8 Å². The van der Waals surface area contributed by atoms with Crippen molar-refractivity contribution in [3.8, 4) is 0 Å². The van der Waals surface area contributed by atoms with Crippen LogP contribution >= 0.6 is 0 Å². The first-order valence-corrected chi connectivity index (χ1v) is 11.4. The van der Waals surface area contributed by atoms with Crippen LogP contribution in [0.1, 0.15) is 92.6 Å². The molecule has 2 N–H and O–H groups in total. The molecule has 3 amide bonds. The summed E-state index contributed by atoms with van der Waals surface area (Å²) in [5.74, 6) is -0.632. The Hall–Kier alpha value is -2.38. The zero-order valence-electron chi connectivity index (χ0n) is 18.1. The van der Waals surface area contributed by atoms with Crippen LogP contribution in [0.25, 0.3) is 0 Å². The second-order valence-electron chi connectivity index (χ2n) is 9.16. The van der Waals surface area contributed by atoms with E-state index in [1.165, 1.54) is 6.42 Å². The third-order valence-corrected chi connectivity index (χ3v) is 6.97. The summed E-state index contributed by atoms with van der Waals surface area (Å²) in [6, 6.07) is 1.92. The van der Waals surface area contributed by atoms with Gasteiger partial charge in [0.1, 0.15) is 11.2 Å². The van der Waals surface area contributed by atoms with Crippen LogP contribution in [0.3, 0.4) is 0 Å². The molecule has 2 fully saturated rings. The van der Waals surface area contributed by atoms with Crippen LogP contribution in [0.2, 0.25) is 0 Å². The lowest BCUT2D eigenvalue weighted by atomic mass is 9.94. The number of hydrogen-bond acceptors (Lipinski definition) is 4. The molecular weight excluding hydrogens is 382 g/mol. The second-order valence-corrected chi connectivity index (χ2v) is 9.16. The molecule has 30 heavy (non-hydrogen) atoms. The van der Waals surface area contributed by atoms with Gasteiger partial charge in [0.2, 0.25) is 5.91 Å². The van der Waals surface area contributed by atoms with E-state index in [2.05, 4.69) is 15.7 Å². The summed E-state index contributed by atoms with van der Waals surface area (Å²) in [6.07, 6.45) is 9.67. The molecular formula is C22H33N5O3. The number of nitrogens with zero attached hydrogens (tertiary/aromatic N) is 3. The Labute approximate surface area is 177 Å². The van der Waals surface area contributed by atoms with Crippen molar-refractivity contribution >= 4 is 17.7 Å². The Balaban J connectivity index is 1.54. The molecule has 1 atom stereocenters. The van der Waals surface area contributed by atoms with Gasteiger partial charge >= 0.3 is 0 Å². The van der Waals surface area contributed by atoms with E-state index in [0.29, 0.717) is 12.2 Å². The molecule has 0 radical (unpaired) electrons. The molecule has 164 valence electrons. The van der Waals surface area contributed by atoms with Crippen molar-refractivity contribution in [1.29, 1.82) is 0 Å². The molecule has 2 aliphatic carbocycles. The highest BCUT2D eigenvalue weighted by Crippen LogP contribution is 2.29. The molecule has 1 unspecified atom stereocenters. The maximum Gasteiger partial charge on any atom is 0.273 e. The van der Waals surface area contributed by atoms with Crippen LogP contribution < -0.4 is 10.6 Å². The molecule has 4 rings (SSSR count). The van der Waals surface area contributed by atoms with E-state index in [-0.39, 0.29) is 42.0 Å². The monoisotopic (exact) mass is 415 g/mol. The van der Waals surface area contributed by atoms with Crippen LogP contribution in [-0.2, 0) is 11.3 Å². The van der Waals surface area contributed by atoms with Crippen LogP contribution in [0, 0.1) is 0 Å². The van der Waals surface area contributed by atoms with Gasteiger partial charge in [-0.05, 0) is 39.5 Å². The van der Waals surface area contributed by atoms with Crippen LogP contribution in [-0.4, -0.2) is 56.6 Å². The summed E-state index contributed by atoms with van der Waals surface area (Å²) < 4.78 is 1.54. The minimum Gasteiger partial charge on any atom is -0.351 e. The number of carbonyl (C=O) groups excluding carboxylic acids is 3. The van der Waals surface area contributed by atoms with Crippen molar-refractivity contribution < 1.29 is 14.4 Å². The molecule has 2 heterocycles. The van der Waals surface area contributed by atoms with Gasteiger partial charge in [-0.2, -0.15) is 5.10 Å². The van der Waals surface area contributed by atoms with E-state index in [4.69, 9.17) is 0 Å². The number of amides is 3.